The predicted molar refractivity (Wildman–Crippen MR) is 117 cm³/mol. The quantitative estimate of drug-likeness (QED) is 0.759. The topological polar surface area (TPSA) is 86.8 Å². The Morgan fingerprint density at radius 3 is 2.40 bits per heavy atom. The van der Waals surface area contributed by atoms with Gasteiger partial charge < -0.3 is 5.32 Å². The summed E-state index contributed by atoms with van der Waals surface area (Å²) in [5.74, 6) is -0.896. The summed E-state index contributed by atoms with van der Waals surface area (Å²) in [4.78, 5) is 27.8. The Labute approximate surface area is 181 Å². The molecule has 30 heavy (non-hydrogen) atoms. The first-order valence-electron chi connectivity index (χ1n) is 9.39. The van der Waals surface area contributed by atoms with Crippen molar-refractivity contribution in [3.05, 3.63) is 64.7 Å². The van der Waals surface area contributed by atoms with E-state index < -0.39 is 27.4 Å². The maximum absolute atomic E-state index is 13.3. The Kier molecular flexibility index (Phi) is 6.21. The third-order valence-electron chi connectivity index (χ3n) is 5.22. The number of hydrogen-bond acceptors (Lipinski definition) is 4. The van der Waals surface area contributed by atoms with Crippen LogP contribution in [0.5, 0.6) is 0 Å². The fourth-order valence-corrected chi connectivity index (χ4v) is 4.52. The minimum absolute atomic E-state index is 0.141. The summed E-state index contributed by atoms with van der Waals surface area (Å²) in [5, 5.41) is 3.43. The molecule has 160 valence electrons. The van der Waals surface area contributed by atoms with E-state index in [0.717, 1.165) is 21.7 Å². The van der Waals surface area contributed by atoms with Crippen LogP contribution in [0.1, 0.15) is 18.1 Å². The van der Waals surface area contributed by atoms with Crippen molar-refractivity contribution in [1.82, 2.24) is 9.62 Å². The summed E-state index contributed by atoms with van der Waals surface area (Å²) < 4.78 is 25.4. The zero-order valence-corrected chi connectivity index (χ0v) is 18.6. The molecule has 0 unspecified atom stereocenters. The van der Waals surface area contributed by atoms with Crippen LogP contribution >= 0.6 is 11.6 Å². The van der Waals surface area contributed by atoms with Gasteiger partial charge in [0.05, 0.1) is 12.8 Å². The highest BCUT2D eigenvalue weighted by molar-refractivity contribution is 7.88. The molecule has 2 aromatic carbocycles. The lowest BCUT2D eigenvalue weighted by molar-refractivity contribution is -0.133. The molecular formula is C21H24ClN3O4S. The van der Waals surface area contributed by atoms with Gasteiger partial charge in [-0.15, -0.1) is 0 Å². The molecule has 1 heterocycles. The van der Waals surface area contributed by atoms with Gasteiger partial charge in [-0.1, -0.05) is 41.9 Å². The van der Waals surface area contributed by atoms with Crippen molar-refractivity contribution in [1.29, 1.82) is 0 Å². The summed E-state index contributed by atoms with van der Waals surface area (Å²) in [6.45, 7) is 3.20. The molecule has 1 aliphatic rings. The Morgan fingerprint density at radius 2 is 1.80 bits per heavy atom. The van der Waals surface area contributed by atoms with Gasteiger partial charge in [-0.25, -0.2) is 8.42 Å². The van der Waals surface area contributed by atoms with Crippen LogP contribution in [0.15, 0.2) is 48.5 Å². The molecular weight excluding hydrogens is 426 g/mol. The number of rotatable bonds is 5. The number of sulfonamides is 1. The molecule has 0 radical (unpaired) electrons. The molecule has 0 aromatic heterocycles. The van der Waals surface area contributed by atoms with E-state index in [1.54, 1.807) is 43.3 Å². The van der Waals surface area contributed by atoms with Crippen LogP contribution in [0, 0.1) is 6.92 Å². The molecule has 2 amide bonds. The van der Waals surface area contributed by atoms with Crippen molar-refractivity contribution >= 4 is 39.1 Å². The maximum Gasteiger partial charge on any atom is 0.247 e. The van der Waals surface area contributed by atoms with Gasteiger partial charge in [-0.05, 0) is 43.2 Å². The Morgan fingerprint density at radius 1 is 1.17 bits per heavy atom. The fourth-order valence-electron chi connectivity index (χ4n) is 3.56. The molecule has 1 N–H and O–H groups in total. The summed E-state index contributed by atoms with van der Waals surface area (Å²) in [6, 6.07) is 14.3. The molecule has 2 aromatic rings. The first-order valence-corrected chi connectivity index (χ1v) is 11.6. The standard InChI is InChI=1S/C21H24ClN3O4S/c1-15-6-4-5-7-18(15)25-19(26)13-24(30(3,28)29)14-21(25,2)20(27)23-12-16-8-10-17(22)11-9-16/h4-11H,12-14H2,1-3H3,(H,23,27)/t21-/m1/s1. The average molecular weight is 450 g/mol. The lowest BCUT2D eigenvalue weighted by atomic mass is 9.93. The second kappa shape index (κ2) is 8.37. The molecule has 0 bridgehead atoms. The van der Waals surface area contributed by atoms with Gasteiger partial charge in [0.25, 0.3) is 0 Å². The van der Waals surface area contributed by atoms with Crippen LogP contribution < -0.4 is 10.2 Å². The third-order valence-corrected chi connectivity index (χ3v) is 6.67. The van der Waals surface area contributed by atoms with E-state index in [0.29, 0.717) is 10.7 Å². The van der Waals surface area contributed by atoms with Crippen molar-refractivity contribution in [2.45, 2.75) is 25.9 Å². The summed E-state index contributed by atoms with van der Waals surface area (Å²) in [7, 11) is -3.66. The number of benzene rings is 2. The predicted octanol–water partition coefficient (Wildman–Crippen LogP) is 2.33. The van der Waals surface area contributed by atoms with Crippen LogP contribution in [-0.2, 0) is 26.2 Å². The van der Waals surface area contributed by atoms with E-state index in [1.807, 2.05) is 19.1 Å². The minimum atomic E-state index is -3.66. The molecule has 3 rings (SSSR count). The van der Waals surface area contributed by atoms with E-state index in [-0.39, 0.29) is 19.6 Å². The van der Waals surface area contributed by atoms with Crippen LogP contribution in [-0.4, -0.2) is 49.4 Å². The molecule has 0 saturated carbocycles. The normalized spacial score (nSPS) is 20.3. The van der Waals surface area contributed by atoms with E-state index in [2.05, 4.69) is 5.32 Å². The van der Waals surface area contributed by atoms with Crippen molar-refractivity contribution in [2.75, 3.05) is 24.2 Å². The van der Waals surface area contributed by atoms with Crippen LogP contribution in [0.2, 0.25) is 5.02 Å². The molecule has 7 nitrogen and oxygen atoms in total. The number of piperazine rings is 1. The second-order valence-electron chi connectivity index (χ2n) is 7.63. The maximum atomic E-state index is 13.3. The van der Waals surface area contributed by atoms with E-state index >= 15 is 0 Å². The molecule has 0 spiro atoms. The van der Waals surface area contributed by atoms with Crippen LogP contribution in [0.3, 0.4) is 0 Å². The number of amides is 2. The van der Waals surface area contributed by atoms with Crippen LogP contribution in [0.4, 0.5) is 5.69 Å². The van der Waals surface area contributed by atoms with Crippen LogP contribution in [0.25, 0.3) is 0 Å². The van der Waals surface area contributed by atoms with E-state index in [1.165, 1.54) is 4.90 Å². The Balaban J connectivity index is 1.96. The molecule has 1 fully saturated rings. The largest absolute Gasteiger partial charge is 0.350 e. The Bertz CT molecular complexity index is 1070. The SMILES string of the molecule is Cc1ccccc1N1C(=O)CN(S(C)(=O)=O)C[C@]1(C)C(=O)NCc1ccc(Cl)cc1. The van der Waals surface area contributed by atoms with Gasteiger partial charge in [-0.3, -0.25) is 14.5 Å². The van der Waals surface area contributed by atoms with Gasteiger partial charge in [0.1, 0.15) is 5.54 Å². The highest BCUT2D eigenvalue weighted by atomic mass is 35.5. The van der Waals surface area contributed by atoms with Crippen molar-refractivity contribution in [3.63, 3.8) is 0 Å². The van der Waals surface area contributed by atoms with Crippen molar-refractivity contribution < 1.29 is 18.0 Å². The first kappa shape index (κ1) is 22.3. The Hall–Kier alpha value is -2.42. The molecule has 1 atom stereocenters. The highest BCUT2D eigenvalue weighted by Gasteiger charge is 2.50. The third kappa shape index (κ3) is 4.50. The lowest BCUT2D eigenvalue weighted by Gasteiger charge is -2.46. The number of aryl methyl sites for hydroxylation is 1. The van der Waals surface area contributed by atoms with Gasteiger partial charge >= 0.3 is 0 Å². The zero-order chi connectivity index (χ0) is 22.1. The number of para-hydroxylation sites is 1. The van der Waals surface area contributed by atoms with Crippen molar-refractivity contribution in [3.8, 4) is 0 Å². The number of carbonyl (C=O) groups excluding carboxylic acids is 2. The number of halogens is 1. The summed E-state index contributed by atoms with van der Waals surface area (Å²) in [6.07, 6.45) is 1.04. The molecule has 0 aliphatic carbocycles. The summed E-state index contributed by atoms with van der Waals surface area (Å²) >= 11 is 5.90. The van der Waals surface area contributed by atoms with Gasteiger partial charge in [0, 0.05) is 23.8 Å². The molecule has 9 heteroatoms. The number of nitrogens with one attached hydrogen (secondary N) is 1. The zero-order valence-electron chi connectivity index (χ0n) is 17.1. The van der Waals surface area contributed by atoms with Gasteiger partial charge in [0.2, 0.25) is 21.8 Å². The van der Waals surface area contributed by atoms with Gasteiger partial charge in [0.15, 0.2) is 0 Å². The minimum Gasteiger partial charge on any atom is -0.350 e. The number of anilines is 1. The van der Waals surface area contributed by atoms with E-state index in [9.17, 15) is 18.0 Å². The monoisotopic (exact) mass is 449 g/mol. The first-order chi connectivity index (χ1) is 14.0. The average Bonchev–Trinajstić information content (AvgIpc) is 2.67. The number of nitrogens with zero attached hydrogens (tertiary/aromatic N) is 2. The molecule has 1 aliphatic heterocycles. The molecule has 1 saturated heterocycles. The van der Waals surface area contributed by atoms with E-state index in [4.69, 9.17) is 11.6 Å². The lowest BCUT2D eigenvalue weighted by Crippen LogP contribution is -2.70. The van der Waals surface area contributed by atoms with Crippen molar-refractivity contribution in [2.24, 2.45) is 0 Å². The second-order valence-corrected chi connectivity index (χ2v) is 10.0. The smallest absolute Gasteiger partial charge is 0.247 e. The highest BCUT2D eigenvalue weighted by Crippen LogP contribution is 2.32. The number of carbonyl (C=O) groups is 2. The number of hydrogen-bond donors (Lipinski definition) is 1. The summed E-state index contributed by atoms with van der Waals surface area (Å²) in [5.41, 5.74) is 0.813. The fraction of sp³-hybridized carbons (Fsp3) is 0.333. The van der Waals surface area contributed by atoms with Gasteiger partial charge in [-0.2, -0.15) is 4.31 Å².